The summed E-state index contributed by atoms with van der Waals surface area (Å²) in [6.07, 6.45) is 7.89. The summed E-state index contributed by atoms with van der Waals surface area (Å²) in [6, 6.07) is -0.352. The molecule has 2 rings (SSSR count). The van der Waals surface area contributed by atoms with E-state index < -0.39 is 11.5 Å². The normalized spacial score (nSPS) is 22.8. The molecule has 0 aromatic heterocycles. The number of hydrogen-bond acceptors (Lipinski definition) is 2. The average molecular weight is 268 g/mol. The highest BCUT2D eigenvalue weighted by Crippen LogP contribution is 2.39. The molecule has 3 N–H and O–H groups in total. The first-order chi connectivity index (χ1) is 9.02. The van der Waals surface area contributed by atoms with E-state index in [9.17, 15) is 14.7 Å². The summed E-state index contributed by atoms with van der Waals surface area (Å²) in [5.41, 5.74) is -1.11. The molecule has 0 spiro atoms. The fourth-order valence-corrected chi connectivity index (χ4v) is 2.96. The van der Waals surface area contributed by atoms with Gasteiger partial charge in [0.15, 0.2) is 0 Å². The van der Waals surface area contributed by atoms with E-state index in [1.807, 2.05) is 0 Å². The minimum atomic E-state index is -1.11. The van der Waals surface area contributed by atoms with Crippen molar-refractivity contribution < 1.29 is 14.7 Å². The Bertz CT molecular complexity index is 349. The van der Waals surface area contributed by atoms with E-state index >= 15 is 0 Å². The summed E-state index contributed by atoms with van der Waals surface area (Å²) in [5.74, 6) is -0.138. The molecular formula is C14H24N2O3. The van der Waals surface area contributed by atoms with Gasteiger partial charge < -0.3 is 15.7 Å². The van der Waals surface area contributed by atoms with E-state index in [2.05, 4.69) is 10.6 Å². The van der Waals surface area contributed by atoms with Crippen molar-refractivity contribution in [2.24, 2.45) is 11.8 Å². The summed E-state index contributed by atoms with van der Waals surface area (Å²) in [6.45, 7) is 2.24. The molecule has 1 unspecified atom stereocenters. The summed E-state index contributed by atoms with van der Waals surface area (Å²) in [7, 11) is 0. The van der Waals surface area contributed by atoms with Gasteiger partial charge in [-0.05, 0) is 38.0 Å². The molecule has 0 aromatic rings. The molecule has 2 fully saturated rings. The Kier molecular flexibility index (Phi) is 4.32. The van der Waals surface area contributed by atoms with Gasteiger partial charge in [0.2, 0.25) is 0 Å². The fourth-order valence-electron chi connectivity index (χ4n) is 2.96. The Morgan fingerprint density at radius 2 is 1.84 bits per heavy atom. The molecule has 2 amide bonds. The van der Waals surface area contributed by atoms with Crippen molar-refractivity contribution in [2.45, 2.75) is 57.4 Å². The molecule has 2 aliphatic rings. The van der Waals surface area contributed by atoms with Gasteiger partial charge in [0, 0.05) is 6.54 Å². The van der Waals surface area contributed by atoms with Gasteiger partial charge in [0.05, 0.1) is 0 Å². The first-order valence-electron chi connectivity index (χ1n) is 7.32. The minimum Gasteiger partial charge on any atom is -0.480 e. The van der Waals surface area contributed by atoms with Crippen LogP contribution in [-0.4, -0.2) is 29.2 Å². The van der Waals surface area contributed by atoms with E-state index in [1.165, 1.54) is 25.7 Å². The van der Waals surface area contributed by atoms with E-state index in [-0.39, 0.29) is 11.9 Å². The van der Waals surface area contributed by atoms with Crippen LogP contribution in [0.4, 0.5) is 4.79 Å². The van der Waals surface area contributed by atoms with E-state index in [0.29, 0.717) is 6.54 Å². The molecule has 0 radical (unpaired) electrons. The van der Waals surface area contributed by atoms with Gasteiger partial charge >= 0.3 is 12.0 Å². The largest absolute Gasteiger partial charge is 0.480 e. The van der Waals surface area contributed by atoms with Crippen molar-refractivity contribution >= 4 is 12.0 Å². The van der Waals surface area contributed by atoms with Crippen molar-refractivity contribution in [1.29, 1.82) is 0 Å². The third kappa shape index (κ3) is 3.61. The number of nitrogens with one attached hydrogen (secondary N) is 2. The van der Waals surface area contributed by atoms with Gasteiger partial charge in [-0.2, -0.15) is 0 Å². The van der Waals surface area contributed by atoms with E-state index in [0.717, 1.165) is 25.2 Å². The lowest BCUT2D eigenvalue weighted by Crippen LogP contribution is -2.56. The van der Waals surface area contributed by atoms with Gasteiger partial charge in [-0.25, -0.2) is 9.59 Å². The third-order valence-corrected chi connectivity index (χ3v) is 4.52. The lowest BCUT2D eigenvalue weighted by Gasteiger charge is -2.26. The first kappa shape index (κ1) is 14.2. The number of carbonyl (C=O) groups is 2. The second-order valence-electron chi connectivity index (χ2n) is 6.10. The molecule has 0 aliphatic heterocycles. The fraction of sp³-hybridized carbons (Fsp3) is 0.857. The van der Waals surface area contributed by atoms with Crippen LogP contribution in [0.3, 0.4) is 0 Å². The van der Waals surface area contributed by atoms with Crippen LogP contribution >= 0.6 is 0 Å². The van der Waals surface area contributed by atoms with Gasteiger partial charge in [-0.1, -0.05) is 25.7 Å². The zero-order chi connectivity index (χ0) is 13.9. The van der Waals surface area contributed by atoms with Gasteiger partial charge in [-0.15, -0.1) is 0 Å². The predicted molar refractivity (Wildman–Crippen MR) is 71.9 cm³/mol. The Morgan fingerprint density at radius 3 is 2.37 bits per heavy atom. The Morgan fingerprint density at radius 1 is 1.21 bits per heavy atom. The van der Waals surface area contributed by atoms with Crippen molar-refractivity contribution in [3.8, 4) is 0 Å². The average Bonchev–Trinajstić information content (AvgIpc) is 3.08. The summed E-state index contributed by atoms with van der Waals surface area (Å²) < 4.78 is 0. The SMILES string of the molecule is CC(NC(=O)NCCC1CCCC1)(C(=O)O)C1CC1. The van der Waals surface area contributed by atoms with Crippen LogP contribution in [0.5, 0.6) is 0 Å². The molecule has 5 nitrogen and oxygen atoms in total. The number of carboxylic acids is 1. The molecule has 0 bridgehead atoms. The summed E-state index contributed by atoms with van der Waals surface area (Å²) in [4.78, 5) is 23.1. The molecule has 0 saturated heterocycles. The zero-order valence-corrected chi connectivity index (χ0v) is 11.6. The van der Waals surface area contributed by atoms with Crippen LogP contribution in [0.15, 0.2) is 0 Å². The second-order valence-corrected chi connectivity index (χ2v) is 6.10. The zero-order valence-electron chi connectivity index (χ0n) is 11.6. The highest BCUT2D eigenvalue weighted by molar-refractivity contribution is 5.86. The van der Waals surface area contributed by atoms with Crippen LogP contribution in [-0.2, 0) is 4.79 Å². The number of carboxylic acid groups (broad SMARTS) is 1. The first-order valence-corrected chi connectivity index (χ1v) is 7.32. The highest BCUT2D eigenvalue weighted by Gasteiger charge is 2.48. The van der Waals surface area contributed by atoms with Crippen molar-refractivity contribution in [3.05, 3.63) is 0 Å². The Hall–Kier alpha value is -1.26. The quantitative estimate of drug-likeness (QED) is 0.690. The van der Waals surface area contributed by atoms with Crippen LogP contribution < -0.4 is 10.6 Å². The highest BCUT2D eigenvalue weighted by atomic mass is 16.4. The van der Waals surface area contributed by atoms with Crippen LogP contribution in [0.1, 0.15) is 51.9 Å². The molecule has 108 valence electrons. The number of rotatable bonds is 6. The number of urea groups is 1. The topological polar surface area (TPSA) is 78.4 Å². The smallest absolute Gasteiger partial charge is 0.329 e. The second kappa shape index (κ2) is 5.80. The number of carbonyl (C=O) groups excluding carboxylic acids is 1. The minimum absolute atomic E-state index is 0.0746. The van der Waals surface area contributed by atoms with Gasteiger partial charge in [-0.3, -0.25) is 0 Å². The third-order valence-electron chi connectivity index (χ3n) is 4.52. The van der Waals surface area contributed by atoms with Crippen LogP contribution in [0, 0.1) is 11.8 Å². The summed E-state index contributed by atoms with van der Waals surface area (Å²) >= 11 is 0. The van der Waals surface area contributed by atoms with E-state index in [4.69, 9.17) is 0 Å². The molecule has 1 atom stereocenters. The standard InChI is InChI=1S/C14H24N2O3/c1-14(12(17)18,11-6-7-11)16-13(19)15-9-8-10-4-2-3-5-10/h10-11H,2-9H2,1H3,(H,17,18)(H2,15,16,19). The Labute approximate surface area is 114 Å². The molecule has 2 aliphatic carbocycles. The van der Waals surface area contributed by atoms with Crippen LogP contribution in [0.25, 0.3) is 0 Å². The van der Waals surface area contributed by atoms with Crippen molar-refractivity contribution in [1.82, 2.24) is 10.6 Å². The monoisotopic (exact) mass is 268 g/mol. The van der Waals surface area contributed by atoms with Gasteiger partial charge in [0.1, 0.15) is 5.54 Å². The predicted octanol–water partition coefficient (Wildman–Crippen LogP) is 2.12. The molecule has 5 heteroatoms. The van der Waals surface area contributed by atoms with Gasteiger partial charge in [0.25, 0.3) is 0 Å². The Balaban J connectivity index is 1.71. The molecule has 0 heterocycles. The van der Waals surface area contributed by atoms with E-state index in [1.54, 1.807) is 6.92 Å². The maximum Gasteiger partial charge on any atom is 0.329 e. The maximum atomic E-state index is 11.8. The lowest BCUT2D eigenvalue weighted by molar-refractivity contribution is -0.144. The van der Waals surface area contributed by atoms with Crippen LogP contribution in [0.2, 0.25) is 0 Å². The summed E-state index contributed by atoms with van der Waals surface area (Å²) in [5, 5.41) is 14.7. The van der Waals surface area contributed by atoms with Crippen molar-refractivity contribution in [3.63, 3.8) is 0 Å². The number of hydrogen-bond donors (Lipinski definition) is 3. The van der Waals surface area contributed by atoms with Crippen molar-refractivity contribution in [2.75, 3.05) is 6.54 Å². The molecule has 0 aromatic carbocycles. The lowest BCUT2D eigenvalue weighted by atomic mass is 9.96. The molecule has 19 heavy (non-hydrogen) atoms. The number of aliphatic carboxylic acids is 1. The molecular weight excluding hydrogens is 244 g/mol. The maximum absolute atomic E-state index is 11.8. The molecule has 2 saturated carbocycles. The number of amides is 2.